The van der Waals surface area contributed by atoms with Gasteiger partial charge in [-0.1, -0.05) is 48.5 Å². The molecule has 3 nitrogen and oxygen atoms in total. The van der Waals surface area contributed by atoms with Crippen molar-refractivity contribution in [2.45, 2.75) is 26.3 Å². The minimum absolute atomic E-state index is 0.656. The number of nitrogens with one attached hydrogen (secondary N) is 1. The summed E-state index contributed by atoms with van der Waals surface area (Å²) >= 11 is 0. The molecule has 0 bridgehead atoms. The Balaban J connectivity index is 1.86. The van der Waals surface area contributed by atoms with E-state index in [2.05, 4.69) is 47.8 Å². The van der Waals surface area contributed by atoms with Crippen molar-refractivity contribution in [1.82, 2.24) is 5.32 Å². The summed E-state index contributed by atoms with van der Waals surface area (Å²) in [6.07, 6.45) is 0. The lowest BCUT2D eigenvalue weighted by Gasteiger charge is -2.10. The van der Waals surface area contributed by atoms with Gasteiger partial charge in [-0.25, -0.2) is 0 Å². The van der Waals surface area contributed by atoms with Gasteiger partial charge >= 0.3 is 0 Å². The van der Waals surface area contributed by atoms with E-state index in [1.165, 1.54) is 22.3 Å². The van der Waals surface area contributed by atoms with E-state index in [9.17, 15) is 0 Å². The van der Waals surface area contributed by atoms with Crippen molar-refractivity contribution in [3.63, 3.8) is 0 Å². The van der Waals surface area contributed by atoms with Crippen LogP contribution in [-0.4, -0.2) is 14.2 Å². The molecule has 3 heteroatoms. The summed E-state index contributed by atoms with van der Waals surface area (Å²) in [5, 5.41) is 3.48. The van der Waals surface area contributed by atoms with Gasteiger partial charge in [-0.05, 0) is 22.3 Å². The van der Waals surface area contributed by atoms with Gasteiger partial charge in [-0.3, -0.25) is 0 Å². The van der Waals surface area contributed by atoms with E-state index in [4.69, 9.17) is 9.47 Å². The molecule has 0 aromatic heterocycles. The molecule has 0 heterocycles. The van der Waals surface area contributed by atoms with Crippen LogP contribution in [0.2, 0.25) is 0 Å². The molecule has 0 saturated carbocycles. The highest BCUT2D eigenvalue weighted by molar-refractivity contribution is 5.27. The molecule has 0 unspecified atom stereocenters. The maximum absolute atomic E-state index is 5.23. The molecule has 2 aromatic rings. The van der Waals surface area contributed by atoms with Crippen LogP contribution in [0.1, 0.15) is 22.3 Å². The molecule has 0 aliphatic rings. The van der Waals surface area contributed by atoms with Crippen LogP contribution in [0.25, 0.3) is 0 Å². The predicted octanol–water partition coefficient (Wildman–Crippen LogP) is 3.27. The minimum Gasteiger partial charge on any atom is -0.380 e. The number of hydrogen-bond donors (Lipinski definition) is 1. The number of rotatable bonds is 8. The fraction of sp³-hybridized carbons (Fsp3) is 0.333. The number of ether oxygens (including phenoxy) is 2. The maximum Gasteiger partial charge on any atom is 0.0716 e. The van der Waals surface area contributed by atoms with Crippen LogP contribution in [0.4, 0.5) is 0 Å². The molecule has 0 saturated heterocycles. The summed E-state index contributed by atoms with van der Waals surface area (Å²) in [7, 11) is 3.44. The maximum atomic E-state index is 5.23. The van der Waals surface area contributed by atoms with Crippen LogP contribution in [0.3, 0.4) is 0 Å². The average molecular weight is 285 g/mol. The molecule has 0 fully saturated rings. The van der Waals surface area contributed by atoms with Crippen molar-refractivity contribution in [3.05, 3.63) is 70.8 Å². The van der Waals surface area contributed by atoms with Gasteiger partial charge in [0.05, 0.1) is 13.2 Å². The normalized spacial score (nSPS) is 10.8. The second-order valence-electron chi connectivity index (χ2n) is 5.05. The largest absolute Gasteiger partial charge is 0.380 e. The first kappa shape index (κ1) is 15.7. The smallest absolute Gasteiger partial charge is 0.0716 e. The standard InChI is InChI=1S/C18H23NO2/c1-20-13-16-9-7-15(8-10-16)11-19-12-17-5-3-4-6-18(17)14-21-2/h3-10,19H,11-14H2,1-2H3. The molecule has 0 atom stereocenters. The van der Waals surface area contributed by atoms with Gasteiger partial charge < -0.3 is 14.8 Å². The summed E-state index contributed by atoms with van der Waals surface area (Å²) < 4.78 is 10.3. The molecule has 112 valence electrons. The van der Waals surface area contributed by atoms with Crippen LogP contribution in [0, 0.1) is 0 Å². The Morgan fingerprint density at radius 2 is 1.33 bits per heavy atom. The van der Waals surface area contributed by atoms with Crippen LogP contribution in [0.5, 0.6) is 0 Å². The first-order valence-corrected chi connectivity index (χ1v) is 7.16. The Hall–Kier alpha value is -1.68. The van der Waals surface area contributed by atoms with Crippen LogP contribution >= 0.6 is 0 Å². The lowest BCUT2D eigenvalue weighted by Crippen LogP contribution is -2.14. The zero-order valence-electron chi connectivity index (χ0n) is 12.8. The Bertz CT molecular complexity index is 537. The van der Waals surface area contributed by atoms with Crippen molar-refractivity contribution < 1.29 is 9.47 Å². The van der Waals surface area contributed by atoms with Crippen LogP contribution in [-0.2, 0) is 35.8 Å². The van der Waals surface area contributed by atoms with Gasteiger partial charge in [0.2, 0.25) is 0 Å². The third kappa shape index (κ3) is 4.97. The van der Waals surface area contributed by atoms with E-state index in [1.54, 1.807) is 14.2 Å². The quantitative estimate of drug-likeness (QED) is 0.807. The van der Waals surface area contributed by atoms with Gasteiger partial charge in [0.15, 0.2) is 0 Å². The zero-order chi connectivity index (χ0) is 14.9. The first-order chi connectivity index (χ1) is 10.3. The summed E-state index contributed by atoms with van der Waals surface area (Å²) in [6.45, 7) is 3.02. The van der Waals surface area contributed by atoms with Gasteiger partial charge in [-0.2, -0.15) is 0 Å². The van der Waals surface area contributed by atoms with Gasteiger partial charge in [-0.15, -0.1) is 0 Å². The lowest BCUT2D eigenvalue weighted by molar-refractivity contribution is 0.184. The van der Waals surface area contributed by atoms with E-state index in [1.807, 2.05) is 6.07 Å². The van der Waals surface area contributed by atoms with Gasteiger partial charge in [0.1, 0.15) is 0 Å². The molecule has 0 radical (unpaired) electrons. The second kappa shape index (κ2) is 8.57. The molecule has 0 spiro atoms. The Morgan fingerprint density at radius 1 is 0.714 bits per heavy atom. The zero-order valence-corrected chi connectivity index (χ0v) is 12.8. The van der Waals surface area contributed by atoms with Gasteiger partial charge in [0, 0.05) is 27.3 Å². The summed E-state index contributed by atoms with van der Waals surface area (Å²) in [4.78, 5) is 0. The van der Waals surface area contributed by atoms with E-state index in [-0.39, 0.29) is 0 Å². The van der Waals surface area contributed by atoms with Crippen LogP contribution < -0.4 is 5.32 Å². The fourth-order valence-electron chi connectivity index (χ4n) is 2.29. The molecule has 2 aromatic carbocycles. The topological polar surface area (TPSA) is 30.5 Å². The van der Waals surface area contributed by atoms with Gasteiger partial charge in [0.25, 0.3) is 0 Å². The molecule has 1 N–H and O–H groups in total. The summed E-state index contributed by atoms with van der Waals surface area (Å²) in [6, 6.07) is 16.9. The average Bonchev–Trinajstić information content (AvgIpc) is 2.51. The number of hydrogen-bond acceptors (Lipinski definition) is 3. The third-order valence-corrected chi connectivity index (χ3v) is 3.40. The molecule has 21 heavy (non-hydrogen) atoms. The SMILES string of the molecule is COCc1ccc(CNCc2ccccc2COC)cc1. The van der Waals surface area contributed by atoms with E-state index in [0.29, 0.717) is 13.2 Å². The molecular weight excluding hydrogens is 262 g/mol. The van der Waals surface area contributed by atoms with Crippen molar-refractivity contribution >= 4 is 0 Å². The molecule has 0 aliphatic heterocycles. The lowest BCUT2D eigenvalue weighted by atomic mass is 10.1. The molecule has 2 rings (SSSR count). The van der Waals surface area contributed by atoms with Crippen molar-refractivity contribution in [2.75, 3.05) is 14.2 Å². The fourth-order valence-corrected chi connectivity index (χ4v) is 2.29. The second-order valence-corrected chi connectivity index (χ2v) is 5.05. The number of methoxy groups -OCH3 is 2. The molecule has 0 amide bonds. The monoisotopic (exact) mass is 285 g/mol. The van der Waals surface area contributed by atoms with E-state index < -0.39 is 0 Å². The Labute approximate surface area is 126 Å². The predicted molar refractivity (Wildman–Crippen MR) is 84.9 cm³/mol. The highest BCUT2D eigenvalue weighted by atomic mass is 16.5. The third-order valence-electron chi connectivity index (χ3n) is 3.40. The van der Waals surface area contributed by atoms with Crippen molar-refractivity contribution in [1.29, 1.82) is 0 Å². The summed E-state index contributed by atoms with van der Waals surface area (Å²) in [5.74, 6) is 0. The highest BCUT2D eigenvalue weighted by Crippen LogP contribution is 2.10. The van der Waals surface area contributed by atoms with Crippen molar-refractivity contribution in [3.8, 4) is 0 Å². The minimum atomic E-state index is 0.656. The highest BCUT2D eigenvalue weighted by Gasteiger charge is 2.01. The number of benzene rings is 2. The Morgan fingerprint density at radius 3 is 2.00 bits per heavy atom. The Kier molecular flexibility index (Phi) is 6.41. The van der Waals surface area contributed by atoms with Crippen molar-refractivity contribution in [2.24, 2.45) is 0 Å². The van der Waals surface area contributed by atoms with E-state index in [0.717, 1.165) is 13.1 Å². The molecular formula is C18H23NO2. The first-order valence-electron chi connectivity index (χ1n) is 7.16. The molecule has 0 aliphatic carbocycles. The summed E-state index contributed by atoms with van der Waals surface area (Å²) in [5.41, 5.74) is 5.00. The van der Waals surface area contributed by atoms with E-state index >= 15 is 0 Å². The van der Waals surface area contributed by atoms with Crippen LogP contribution in [0.15, 0.2) is 48.5 Å².